The number of benzene rings is 2. The van der Waals surface area contributed by atoms with Gasteiger partial charge in [0, 0.05) is 25.1 Å². The highest BCUT2D eigenvalue weighted by Crippen LogP contribution is 2.31. The number of aryl methyl sites for hydroxylation is 1. The summed E-state index contributed by atoms with van der Waals surface area (Å²) in [4.78, 5) is 41.5. The van der Waals surface area contributed by atoms with Crippen molar-refractivity contribution in [2.75, 3.05) is 23.8 Å². The maximum absolute atomic E-state index is 13.3. The number of hydrogen-bond acceptors (Lipinski definition) is 5. The average molecular weight is 479 g/mol. The molecule has 0 spiro atoms. The van der Waals surface area contributed by atoms with Gasteiger partial charge < -0.3 is 15.1 Å². The Morgan fingerprint density at radius 2 is 1.88 bits per heavy atom. The van der Waals surface area contributed by atoms with Crippen molar-refractivity contribution in [3.63, 3.8) is 0 Å². The van der Waals surface area contributed by atoms with Gasteiger partial charge in [0.15, 0.2) is 10.6 Å². The fraction of sp³-hybridized carbons (Fsp3) is 0.292. The van der Waals surface area contributed by atoms with Crippen molar-refractivity contribution < 1.29 is 14.4 Å². The van der Waals surface area contributed by atoms with Gasteiger partial charge >= 0.3 is 0 Å². The number of nitrogens with one attached hydrogen (secondary N) is 2. The van der Waals surface area contributed by atoms with Crippen LogP contribution in [0.5, 0.6) is 0 Å². The molecule has 3 aromatic rings. The Labute approximate surface area is 202 Å². The number of rotatable bonds is 5. The number of aromatic nitrogens is 3. The van der Waals surface area contributed by atoms with Crippen molar-refractivity contribution in [1.29, 1.82) is 0 Å². The van der Waals surface area contributed by atoms with E-state index >= 15 is 0 Å². The number of hydrogen-bond donors (Lipinski definition) is 2. The van der Waals surface area contributed by atoms with Crippen molar-refractivity contribution in [3.05, 3.63) is 58.9 Å². The molecule has 10 heteroatoms. The van der Waals surface area contributed by atoms with Crippen molar-refractivity contribution >= 4 is 41.3 Å². The van der Waals surface area contributed by atoms with Crippen LogP contribution in [0.3, 0.4) is 0 Å². The highest BCUT2D eigenvalue weighted by molar-refractivity contribution is 7.71. The van der Waals surface area contributed by atoms with Gasteiger partial charge in [0.25, 0.3) is 0 Å². The van der Waals surface area contributed by atoms with Gasteiger partial charge in [-0.1, -0.05) is 42.0 Å². The van der Waals surface area contributed by atoms with E-state index in [9.17, 15) is 14.4 Å². The summed E-state index contributed by atoms with van der Waals surface area (Å²) in [5.41, 5.74) is 3.13. The molecule has 0 bridgehead atoms. The minimum atomic E-state index is -0.352. The van der Waals surface area contributed by atoms with Gasteiger partial charge in [0.1, 0.15) is 6.54 Å². The van der Waals surface area contributed by atoms with Crippen molar-refractivity contribution in [2.45, 2.75) is 32.9 Å². The number of para-hydroxylation sites is 2. The highest BCUT2D eigenvalue weighted by atomic mass is 32.1. The number of amides is 3. The first-order valence-electron chi connectivity index (χ1n) is 10.9. The first kappa shape index (κ1) is 23.4. The number of aromatic amines is 1. The zero-order chi connectivity index (χ0) is 24.4. The van der Waals surface area contributed by atoms with Crippen LogP contribution in [0.25, 0.3) is 11.4 Å². The van der Waals surface area contributed by atoms with Crippen LogP contribution in [-0.4, -0.2) is 57.0 Å². The standard InChI is InChI=1S/C24H26N6O3S/c1-15-8-10-17(11-9-15)23-26-27-24(34)29(23)14-21(32)28(3)13-22(33)30-16(2)12-20(31)25-18-6-4-5-7-19(18)30/h4-11,16H,12-14H2,1-3H3,(H,25,31)(H,27,34)/t16-/m1/s1. The molecule has 0 radical (unpaired) electrons. The van der Waals surface area contributed by atoms with Crippen molar-refractivity contribution in [1.82, 2.24) is 19.7 Å². The summed E-state index contributed by atoms with van der Waals surface area (Å²) in [6.07, 6.45) is 0.169. The third-order valence-corrected chi connectivity index (χ3v) is 6.10. The van der Waals surface area contributed by atoms with Gasteiger partial charge in [0.05, 0.1) is 17.9 Å². The Kier molecular flexibility index (Phi) is 6.60. The summed E-state index contributed by atoms with van der Waals surface area (Å²) < 4.78 is 1.94. The third kappa shape index (κ3) is 4.76. The predicted molar refractivity (Wildman–Crippen MR) is 132 cm³/mol. The van der Waals surface area contributed by atoms with Crippen LogP contribution in [0, 0.1) is 11.7 Å². The SMILES string of the molecule is Cc1ccc(-c2n[nH]c(=S)n2CC(=O)N(C)CC(=O)N2c3ccccc3NC(=O)C[C@H]2C)cc1. The predicted octanol–water partition coefficient (Wildman–Crippen LogP) is 3.14. The van der Waals surface area contributed by atoms with E-state index in [0.29, 0.717) is 22.0 Å². The van der Waals surface area contributed by atoms with Crippen LogP contribution in [0.15, 0.2) is 48.5 Å². The zero-order valence-electron chi connectivity index (χ0n) is 19.2. The number of H-pyrrole nitrogens is 1. The second-order valence-corrected chi connectivity index (χ2v) is 8.82. The number of carbonyl (C=O) groups excluding carboxylic acids is 3. The molecule has 2 heterocycles. The molecular formula is C24H26N6O3S. The van der Waals surface area contributed by atoms with Crippen LogP contribution < -0.4 is 10.2 Å². The summed E-state index contributed by atoms with van der Waals surface area (Å²) in [6.45, 7) is 3.61. The lowest BCUT2D eigenvalue weighted by molar-refractivity contribution is -0.134. The number of anilines is 2. The molecule has 1 atom stereocenters. The minimum Gasteiger partial charge on any atom is -0.335 e. The zero-order valence-corrected chi connectivity index (χ0v) is 20.1. The fourth-order valence-corrected chi connectivity index (χ4v) is 4.18. The summed E-state index contributed by atoms with van der Waals surface area (Å²) in [5, 5.41) is 9.86. The van der Waals surface area contributed by atoms with Crippen LogP contribution in [0.1, 0.15) is 18.9 Å². The quantitative estimate of drug-likeness (QED) is 0.549. The van der Waals surface area contributed by atoms with Gasteiger partial charge in [-0.3, -0.25) is 24.0 Å². The number of fused-ring (bicyclic) bond motifs is 1. The molecule has 0 saturated heterocycles. The molecule has 4 rings (SSSR count). The third-order valence-electron chi connectivity index (χ3n) is 5.79. The Balaban J connectivity index is 1.51. The van der Waals surface area contributed by atoms with Crippen LogP contribution in [0.2, 0.25) is 0 Å². The first-order chi connectivity index (χ1) is 16.2. The Morgan fingerprint density at radius 1 is 1.18 bits per heavy atom. The van der Waals surface area contributed by atoms with E-state index in [-0.39, 0.29) is 43.3 Å². The topological polar surface area (TPSA) is 103 Å². The van der Waals surface area contributed by atoms with E-state index in [4.69, 9.17) is 12.2 Å². The maximum Gasteiger partial charge on any atom is 0.246 e. The van der Waals surface area contributed by atoms with Gasteiger partial charge in [0.2, 0.25) is 17.7 Å². The smallest absolute Gasteiger partial charge is 0.246 e. The first-order valence-corrected chi connectivity index (χ1v) is 11.3. The molecule has 3 amide bonds. The Morgan fingerprint density at radius 3 is 2.62 bits per heavy atom. The number of nitrogens with zero attached hydrogens (tertiary/aromatic N) is 4. The monoisotopic (exact) mass is 478 g/mol. The Bertz CT molecular complexity index is 1300. The molecule has 2 N–H and O–H groups in total. The van der Waals surface area contributed by atoms with Crippen LogP contribution >= 0.6 is 12.2 Å². The largest absolute Gasteiger partial charge is 0.335 e. The van der Waals surface area contributed by atoms with Gasteiger partial charge in [-0.25, -0.2) is 0 Å². The summed E-state index contributed by atoms with van der Waals surface area (Å²) in [6, 6.07) is 14.6. The molecule has 2 aromatic carbocycles. The number of likely N-dealkylation sites (N-methyl/N-ethyl adjacent to an activating group) is 1. The molecule has 1 aliphatic heterocycles. The lowest BCUT2D eigenvalue weighted by Gasteiger charge is -2.29. The Hall–Kier alpha value is -3.79. The normalized spacial score (nSPS) is 15.3. The molecule has 176 valence electrons. The lowest BCUT2D eigenvalue weighted by atomic mass is 10.1. The molecule has 34 heavy (non-hydrogen) atoms. The second kappa shape index (κ2) is 9.60. The lowest BCUT2D eigenvalue weighted by Crippen LogP contribution is -2.46. The van der Waals surface area contributed by atoms with E-state index in [0.717, 1.165) is 11.1 Å². The van der Waals surface area contributed by atoms with E-state index in [1.165, 1.54) is 4.90 Å². The van der Waals surface area contributed by atoms with Crippen LogP contribution in [0.4, 0.5) is 11.4 Å². The van der Waals surface area contributed by atoms with Gasteiger partial charge in [-0.2, -0.15) is 5.10 Å². The second-order valence-electron chi connectivity index (χ2n) is 8.44. The number of carbonyl (C=O) groups is 3. The average Bonchev–Trinajstić information content (AvgIpc) is 3.08. The molecule has 9 nitrogen and oxygen atoms in total. The van der Waals surface area contributed by atoms with Gasteiger partial charge in [-0.05, 0) is 38.2 Å². The van der Waals surface area contributed by atoms with E-state index < -0.39 is 0 Å². The summed E-state index contributed by atoms with van der Waals surface area (Å²) >= 11 is 5.34. The van der Waals surface area contributed by atoms with Crippen molar-refractivity contribution in [3.8, 4) is 11.4 Å². The summed E-state index contributed by atoms with van der Waals surface area (Å²) in [5.74, 6) is -0.165. The molecule has 0 unspecified atom stereocenters. The van der Waals surface area contributed by atoms with Gasteiger partial charge in [-0.15, -0.1) is 0 Å². The maximum atomic E-state index is 13.3. The fourth-order valence-electron chi connectivity index (χ4n) is 3.98. The van der Waals surface area contributed by atoms with E-state index in [2.05, 4.69) is 15.5 Å². The highest BCUT2D eigenvalue weighted by Gasteiger charge is 2.30. The van der Waals surface area contributed by atoms with E-state index in [1.807, 2.05) is 44.2 Å². The molecule has 0 fully saturated rings. The molecule has 0 aliphatic carbocycles. The molecule has 0 saturated carbocycles. The van der Waals surface area contributed by atoms with Crippen molar-refractivity contribution in [2.24, 2.45) is 0 Å². The molecule has 1 aromatic heterocycles. The van der Waals surface area contributed by atoms with E-state index in [1.54, 1.807) is 34.7 Å². The minimum absolute atomic E-state index is 0.0610. The summed E-state index contributed by atoms with van der Waals surface area (Å²) in [7, 11) is 1.58. The van der Waals surface area contributed by atoms with Crippen LogP contribution in [-0.2, 0) is 20.9 Å². The molecular weight excluding hydrogens is 452 g/mol. The molecule has 1 aliphatic rings.